The van der Waals surface area contributed by atoms with Gasteiger partial charge >= 0.3 is 17.9 Å². The maximum absolute atomic E-state index is 11.4. The van der Waals surface area contributed by atoms with Crippen LogP contribution in [0.15, 0.2) is 0 Å². The van der Waals surface area contributed by atoms with E-state index in [4.69, 9.17) is 27.0 Å². The van der Waals surface area contributed by atoms with Crippen LogP contribution in [0.25, 0.3) is 0 Å². The lowest BCUT2D eigenvalue weighted by atomic mass is 10.1. The molecule has 0 saturated heterocycles. The third-order valence-corrected chi connectivity index (χ3v) is 2.42. The standard InChI is InChI=1S/C11H21N3O6/c1-5(2)8(14)11(18)20-4-7(13)10(17)19-3-6(12)9(15)16/h5-8H,3-4,12-14H2,1-2H3,(H,15,16)/t6-,7-,8-/m0/s1. The van der Waals surface area contributed by atoms with Gasteiger partial charge in [0, 0.05) is 0 Å². The molecular weight excluding hydrogens is 270 g/mol. The zero-order valence-electron chi connectivity index (χ0n) is 11.4. The summed E-state index contributed by atoms with van der Waals surface area (Å²) in [6.07, 6.45) is 0. The predicted octanol–water partition coefficient (Wildman–Crippen LogP) is -2.20. The molecule has 0 aliphatic heterocycles. The molecule has 0 aromatic rings. The molecule has 20 heavy (non-hydrogen) atoms. The van der Waals surface area contributed by atoms with E-state index in [0.29, 0.717) is 0 Å². The first-order valence-electron chi connectivity index (χ1n) is 5.99. The Hall–Kier alpha value is -1.71. The summed E-state index contributed by atoms with van der Waals surface area (Å²) in [5.41, 5.74) is 16.1. The molecule has 0 rings (SSSR count). The van der Waals surface area contributed by atoms with Crippen LogP contribution >= 0.6 is 0 Å². The van der Waals surface area contributed by atoms with E-state index in [0.717, 1.165) is 0 Å². The summed E-state index contributed by atoms with van der Waals surface area (Å²) in [6.45, 7) is 2.57. The predicted molar refractivity (Wildman–Crippen MR) is 68.3 cm³/mol. The molecule has 116 valence electrons. The Morgan fingerprint density at radius 3 is 1.85 bits per heavy atom. The van der Waals surface area contributed by atoms with Crippen molar-refractivity contribution >= 4 is 17.9 Å². The van der Waals surface area contributed by atoms with Crippen molar-refractivity contribution in [1.29, 1.82) is 0 Å². The molecule has 7 N–H and O–H groups in total. The summed E-state index contributed by atoms with van der Waals surface area (Å²) in [4.78, 5) is 33.2. The number of ether oxygens (including phenoxy) is 2. The Bertz CT molecular complexity index is 360. The van der Waals surface area contributed by atoms with E-state index < -0.39 is 49.2 Å². The highest BCUT2D eigenvalue weighted by Gasteiger charge is 2.23. The van der Waals surface area contributed by atoms with Gasteiger partial charge in [-0.15, -0.1) is 0 Å². The van der Waals surface area contributed by atoms with Crippen LogP contribution in [0, 0.1) is 5.92 Å². The number of carboxylic acids is 1. The van der Waals surface area contributed by atoms with Crippen LogP contribution in [0.1, 0.15) is 13.8 Å². The van der Waals surface area contributed by atoms with Gasteiger partial charge in [-0.1, -0.05) is 13.8 Å². The summed E-state index contributed by atoms with van der Waals surface area (Å²) in [7, 11) is 0. The van der Waals surface area contributed by atoms with E-state index in [1.54, 1.807) is 13.8 Å². The molecule has 9 nitrogen and oxygen atoms in total. The van der Waals surface area contributed by atoms with Crippen molar-refractivity contribution in [2.45, 2.75) is 32.0 Å². The van der Waals surface area contributed by atoms with Crippen molar-refractivity contribution in [3.8, 4) is 0 Å². The summed E-state index contributed by atoms with van der Waals surface area (Å²) < 4.78 is 9.34. The van der Waals surface area contributed by atoms with Crippen LogP contribution in [0.3, 0.4) is 0 Å². The van der Waals surface area contributed by atoms with Crippen LogP contribution in [-0.2, 0) is 23.9 Å². The van der Waals surface area contributed by atoms with E-state index in [1.807, 2.05) is 0 Å². The first-order chi connectivity index (χ1) is 9.16. The first-order valence-corrected chi connectivity index (χ1v) is 5.99. The molecule has 0 bridgehead atoms. The topological polar surface area (TPSA) is 168 Å². The van der Waals surface area contributed by atoms with Crippen molar-refractivity contribution in [3.63, 3.8) is 0 Å². The van der Waals surface area contributed by atoms with Gasteiger partial charge in [-0.2, -0.15) is 0 Å². The number of aliphatic carboxylic acids is 1. The summed E-state index contributed by atoms with van der Waals surface area (Å²) in [5.74, 6) is -3.00. The lowest BCUT2D eigenvalue weighted by Gasteiger charge is -2.17. The van der Waals surface area contributed by atoms with E-state index in [2.05, 4.69) is 4.74 Å². The minimum absolute atomic E-state index is 0.112. The van der Waals surface area contributed by atoms with Gasteiger partial charge in [-0.25, -0.2) is 0 Å². The Morgan fingerprint density at radius 2 is 1.40 bits per heavy atom. The molecular formula is C11H21N3O6. The number of carbonyl (C=O) groups is 3. The van der Waals surface area contributed by atoms with Crippen molar-refractivity contribution in [3.05, 3.63) is 0 Å². The Kier molecular flexibility index (Phi) is 7.74. The van der Waals surface area contributed by atoms with Gasteiger partial charge in [0.15, 0.2) is 0 Å². The van der Waals surface area contributed by atoms with Crippen LogP contribution < -0.4 is 17.2 Å². The van der Waals surface area contributed by atoms with Gasteiger partial charge in [0.05, 0.1) is 0 Å². The SMILES string of the molecule is CC(C)[C@H](N)C(=O)OC[C@H](N)C(=O)OC[C@H](N)C(=O)O. The number of hydrogen-bond acceptors (Lipinski definition) is 8. The highest BCUT2D eigenvalue weighted by atomic mass is 16.6. The molecule has 0 radical (unpaired) electrons. The Balaban J connectivity index is 4.09. The summed E-state index contributed by atoms with van der Waals surface area (Å²) >= 11 is 0. The number of nitrogens with two attached hydrogens (primary N) is 3. The molecule has 0 aliphatic rings. The first kappa shape index (κ1) is 18.3. The minimum Gasteiger partial charge on any atom is -0.480 e. The number of rotatable bonds is 8. The lowest BCUT2D eigenvalue weighted by molar-refractivity contribution is -0.153. The van der Waals surface area contributed by atoms with Gasteiger partial charge in [0.1, 0.15) is 31.3 Å². The summed E-state index contributed by atoms with van der Waals surface area (Å²) in [6, 6.07) is -3.36. The molecule has 0 aromatic carbocycles. The zero-order chi connectivity index (χ0) is 15.9. The maximum atomic E-state index is 11.4. The van der Waals surface area contributed by atoms with Crippen molar-refractivity contribution in [2.75, 3.05) is 13.2 Å². The molecule has 0 saturated carbocycles. The zero-order valence-corrected chi connectivity index (χ0v) is 11.4. The number of esters is 2. The molecule has 3 atom stereocenters. The van der Waals surface area contributed by atoms with Gasteiger partial charge < -0.3 is 31.8 Å². The fourth-order valence-electron chi connectivity index (χ4n) is 0.959. The maximum Gasteiger partial charge on any atom is 0.326 e. The highest BCUT2D eigenvalue weighted by molar-refractivity contribution is 5.79. The second kappa shape index (κ2) is 8.46. The Morgan fingerprint density at radius 1 is 0.950 bits per heavy atom. The monoisotopic (exact) mass is 291 g/mol. The second-order valence-electron chi connectivity index (χ2n) is 4.58. The molecule has 0 spiro atoms. The van der Waals surface area contributed by atoms with E-state index in [1.165, 1.54) is 0 Å². The molecule has 0 aromatic heterocycles. The minimum atomic E-state index is -1.33. The van der Waals surface area contributed by atoms with Crippen LogP contribution in [0.4, 0.5) is 0 Å². The highest BCUT2D eigenvalue weighted by Crippen LogP contribution is 2.01. The molecule has 0 unspecified atom stereocenters. The fourth-order valence-corrected chi connectivity index (χ4v) is 0.959. The second-order valence-corrected chi connectivity index (χ2v) is 4.58. The van der Waals surface area contributed by atoms with E-state index in [9.17, 15) is 14.4 Å². The van der Waals surface area contributed by atoms with Gasteiger partial charge in [0.2, 0.25) is 0 Å². The number of carboxylic acid groups (broad SMARTS) is 1. The average Bonchev–Trinajstić information content (AvgIpc) is 2.39. The third kappa shape index (κ3) is 6.45. The quantitative estimate of drug-likeness (QED) is 0.362. The van der Waals surface area contributed by atoms with Crippen molar-refractivity contribution in [1.82, 2.24) is 0 Å². The van der Waals surface area contributed by atoms with E-state index >= 15 is 0 Å². The average molecular weight is 291 g/mol. The normalized spacial score (nSPS) is 15.3. The molecule has 0 fully saturated rings. The number of hydrogen-bond donors (Lipinski definition) is 4. The largest absolute Gasteiger partial charge is 0.480 e. The van der Waals surface area contributed by atoms with E-state index in [-0.39, 0.29) is 5.92 Å². The van der Waals surface area contributed by atoms with Crippen LogP contribution in [0.2, 0.25) is 0 Å². The van der Waals surface area contributed by atoms with Gasteiger partial charge in [0.25, 0.3) is 0 Å². The smallest absolute Gasteiger partial charge is 0.326 e. The van der Waals surface area contributed by atoms with Gasteiger partial charge in [-0.05, 0) is 5.92 Å². The third-order valence-electron chi connectivity index (χ3n) is 2.42. The fraction of sp³-hybridized carbons (Fsp3) is 0.727. The molecule has 0 heterocycles. The molecule has 0 aliphatic carbocycles. The lowest BCUT2D eigenvalue weighted by Crippen LogP contribution is -2.44. The van der Waals surface area contributed by atoms with Crippen molar-refractivity contribution < 1.29 is 29.0 Å². The molecule has 0 amide bonds. The van der Waals surface area contributed by atoms with Gasteiger partial charge in [-0.3, -0.25) is 14.4 Å². The van der Waals surface area contributed by atoms with Crippen LogP contribution in [0.5, 0.6) is 0 Å². The summed E-state index contributed by atoms with van der Waals surface area (Å²) in [5, 5.41) is 8.49. The molecule has 9 heteroatoms. The Labute approximate surface area is 116 Å². The number of carbonyl (C=O) groups excluding carboxylic acids is 2. The van der Waals surface area contributed by atoms with Crippen LogP contribution in [-0.4, -0.2) is 54.4 Å². The van der Waals surface area contributed by atoms with Crippen molar-refractivity contribution in [2.24, 2.45) is 23.1 Å².